The molecule has 0 radical (unpaired) electrons. The van der Waals surface area contributed by atoms with Crippen LogP contribution in [0, 0.1) is 5.41 Å². The Morgan fingerprint density at radius 3 is 2.27 bits per heavy atom. The van der Waals surface area contributed by atoms with Crippen molar-refractivity contribution in [3.63, 3.8) is 0 Å². The Labute approximate surface area is 152 Å². The van der Waals surface area contributed by atoms with E-state index in [4.69, 9.17) is 0 Å². The third-order valence-electron chi connectivity index (χ3n) is 5.27. The van der Waals surface area contributed by atoms with Crippen LogP contribution in [0.15, 0.2) is 23.3 Å². The average molecular weight is 372 g/mol. The highest BCUT2D eigenvalue weighted by Crippen LogP contribution is 2.40. The van der Waals surface area contributed by atoms with Gasteiger partial charge in [0, 0.05) is 32.3 Å². The first kappa shape index (κ1) is 20.5. The van der Waals surface area contributed by atoms with E-state index < -0.39 is 12.1 Å². The molecule has 0 atom stereocenters. The second-order valence-electron chi connectivity index (χ2n) is 7.73. The van der Waals surface area contributed by atoms with Crippen LogP contribution in [0.25, 0.3) is 0 Å². The maximum Gasteiger partial charge on any atom is 0.471 e. The maximum atomic E-state index is 12.6. The zero-order valence-electron chi connectivity index (χ0n) is 15.7. The van der Waals surface area contributed by atoms with Crippen molar-refractivity contribution in [1.82, 2.24) is 9.80 Å². The first-order valence-electron chi connectivity index (χ1n) is 9.06. The van der Waals surface area contributed by atoms with Crippen molar-refractivity contribution in [2.75, 3.05) is 26.2 Å². The van der Waals surface area contributed by atoms with Crippen molar-refractivity contribution < 1.29 is 22.8 Å². The number of carbonyl (C=O) groups excluding carboxylic acids is 2. The van der Waals surface area contributed by atoms with Crippen LogP contribution in [-0.2, 0) is 9.59 Å². The fourth-order valence-corrected chi connectivity index (χ4v) is 3.79. The first-order chi connectivity index (χ1) is 12.0. The number of allylic oxidation sites excluding steroid dienone is 3. The van der Waals surface area contributed by atoms with Crippen molar-refractivity contribution in [3.8, 4) is 0 Å². The van der Waals surface area contributed by atoms with E-state index in [1.54, 1.807) is 0 Å². The number of halogens is 3. The Bertz CT molecular complexity index is 621. The Balaban J connectivity index is 2.01. The summed E-state index contributed by atoms with van der Waals surface area (Å²) in [4.78, 5) is 26.1. The lowest BCUT2D eigenvalue weighted by Crippen LogP contribution is -2.43. The molecular weight excluding hydrogens is 345 g/mol. The molecule has 7 heteroatoms. The van der Waals surface area contributed by atoms with E-state index in [1.807, 2.05) is 6.08 Å². The minimum Gasteiger partial charge on any atom is -0.337 e. The van der Waals surface area contributed by atoms with E-state index in [0.717, 1.165) is 24.2 Å². The summed E-state index contributed by atoms with van der Waals surface area (Å²) in [5.74, 6) is -2.04. The second kappa shape index (κ2) is 7.84. The molecule has 0 unspecified atom stereocenters. The second-order valence-corrected chi connectivity index (χ2v) is 7.73. The van der Waals surface area contributed by atoms with Crippen LogP contribution >= 0.6 is 0 Å². The van der Waals surface area contributed by atoms with Gasteiger partial charge in [-0.3, -0.25) is 9.59 Å². The standard InChI is InChI=1S/C19H27F3N2O2/c1-14-6-4-9-18(2,3)15(14)7-8-16(25)23-10-5-11-24(13-12-23)17(26)19(20,21)22/h7-8H,4-6,9-13H2,1-3H3. The molecule has 0 aromatic rings. The van der Waals surface area contributed by atoms with Gasteiger partial charge in [0.25, 0.3) is 0 Å². The summed E-state index contributed by atoms with van der Waals surface area (Å²) < 4.78 is 37.7. The predicted octanol–water partition coefficient (Wildman–Crippen LogP) is 3.69. The summed E-state index contributed by atoms with van der Waals surface area (Å²) in [6.07, 6.45) is 2.09. The zero-order valence-corrected chi connectivity index (χ0v) is 15.7. The average Bonchev–Trinajstić information content (AvgIpc) is 2.78. The topological polar surface area (TPSA) is 40.6 Å². The molecule has 26 heavy (non-hydrogen) atoms. The molecule has 0 saturated carbocycles. The number of hydrogen-bond acceptors (Lipinski definition) is 2. The smallest absolute Gasteiger partial charge is 0.337 e. The fourth-order valence-electron chi connectivity index (χ4n) is 3.79. The molecule has 0 N–H and O–H groups in total. The molecule has 1 saturated heterocycles. The van der Waals surface area contributed by atoms with Crippen molar-refractivity contribution in [1.29, 1.82) is 0 Å². The van der Waals surface area contributed by atoms with Crippen molar-refractivity contribution in [2.24, 2.45) is 5.41 Å². The van der Waals surface area contributed by atoms with Crippen LogP contribution in [0.5, 0.6) is 0 Å². The highest BCUT2D eigenvalue weighted by molar-refractivity contribution is 5.88. The van der Waals surface area contributed by atoms with E-state index in [0.29, 0.717) is 13.0 Å². The molecule has 2 aliphatic rings. The summed E-state index contributed by atoms with van der Waals surface area (Å²) in [5.41, 5.74) is 2.47. The van der Waals surface area contributed by atoms with Crippen LogP contribution in [0.2, 0.25) is 0 Å². The summed E-state index contributed by atoms with van der Waals surface area (Å²) in [6.45, 7) is 6.79. The highest BCUT2D eigenvalue weighted by Gasteiger charge is 2.42. The van der Waals surface area contributed by atoms with E-state index >= 15 is 0 Å². The van der Waals surface area contributed by atoms with Crippen LogP contribution in [0.1, 0.15) is 46.5 Å². The molecule has 2 rings (SSSR count). The van der Waals surface area contributed by atoms with Gasteiger partial charge in [-0.1, -0.05) is 25.5 Å². The van der Waals surface area contributed by atoms with Gasteiger partial charge in [-0.05, 0) is 43.6 Å². The van der Waals surface area contributed by atoms with E-state index in [9.17, 15) is 22.8 Å². The molecule has 0 spiro atoms. The lowest BCUT2D eigenvalue weighted by Gasteiger charge is -2.33. The maximum absolute atomic E-state index is 12.6. The quantitative estimate of drug-likeness (QED) is 0.694. The normalized spacial score (nSPS) is 21.9. The zero-order chi connectivity index (χ0) is 19.5. The Morgan fingerprint density at radius 1 is 1.04 bits per heavy atom. The monoisotopic (exact) mass is 372 g/mol. The Kier molecular flexibility index (Phi) is 6.19. The molecule has 4 nitrogen and oxygen atoms in total. The van der Waals surface area contributed by atoms with Crippen LogP contribution in [-0.4, -0.2) is 54.0 Å². The lowest BCUT2D eigenvalue weighted by molar-refractivity contribution is -0.185. The van der Waals surface area contributed by atoms with E-state index in [1.165, 1.54) is 22.1 Å². The number of alkyl halides is 3. The molecule has 1 aliphatic heterocycles. The van der Waals surface area contributed by atoms with Gasteiger partial charge in [0.1, 0.15) is 0 Å². The predicted molar refractivity (Wildman–Crippen MR) is 93.3 cm³/mol. The van der Waals surface area contributed by atoms with Crippen LogP contribution in [0.4, 0.5) is 13.2 Å². The van der Waals surface area contributed by atoms with Crippen LogP contribution < -0.4 is 0 Å². The fraction of sp³-hybridized carbons (Fsp3) is 0.684. The molecule has 0 bridgehead atoms. The van der Waals surface area contributed by atoms with E-state index in [-0.39, 0.29) is 31.0 Å². The number of nitrogens with zero attached hydrogens (tertiary/aromatic N) is 2. The molecule has 2 amide bonds. The largest absolute Gasteiger partial charge is 0.471 e. The van der Waals surface area contributed by atoms with Gasteiger partial charge in [-0.25, -0.2) is 0 Å². The molecule has 0 aromatic heterocycles. The third-order valence-corrected chi connectivity index (χ3v) is 5.27. The minimum atomic E-state index is -4.87. The number of hydrogen-bond donors (Lipinski definition) is 0. The molecule has 1 fully saturated rings. The van der Waals surface area contributed by atoms with Gasteiger partial charge in [0.15, 0.2) is 0 Å². The summed E-state index contributed by atoms with van der Waals surface area (Å²) in [5, 5.41) is 0. The Morgan fingerprint density at radius 2 is 1.65 bits per heavy atom. The highest BCUT2D eigenvalue weighted by atomic mass is 19.4. The molecule has 146 valence electrons. The Hall–Kier alpha value is -1.79. The van der Waals surface area contributed by atoms with Crippen molar-refractivity contribution in [3.05, 3.63) is 23.3 Å². The van der Waals surface area contributed by atoms with Crippen molar-refractivity contribution >= 4 is 11.8 Å². The number of rotatable bonds is 2. The summed E-state index contributed by atoms with van der Waals surface area (Å²) in [6, 6.07) is 0. The SMILES string of the molecule is CC1=C(C=CC(=O)N2CCCN(C(=O)C(F)(F)F)CC2)C(C)(C)CCC1. The minimum absolute atomic E-state index is 0.0170. The van der Waals surface area contributed by atoms with Gasteiger partial charge < -0.3 is 9.80 Å². The molecular formula is C19H27F3N2O2. The number of carbonyl (C=O) groups is 2. The van der Waals surface area contributed by atoms with E-state index in [2.05, 4.69) is 20.8 Å². The van der Waals surface area contributed by atoms with Gasteiger partial charge in [-0.15, -0.1) is 0 Å². The van der Waals surface area contributed by atoms with Gasteiger partial charge in [0.05, 0.1) is 0 Å². The third kappa shape index (κ3) is 4.89. The number of amides is 2. The van der Waals surface area contributed by atoms with Gasteiger partial charge in [0.2, 0.25) is 5.91 Å². The van der Waals surface area contributed by atoms with Crippen molar-refractivity contribution in [2.45, 2.75) is 52.6 Å². The molecule has 1 aliphatic carbocycles. The summed E-state index contributed by atoms with van der Waals surface area (Å²) >= 11 is 0. The van der Waals surface area contributed by atoms with Gasteiger partial charge >= 0.3 is 12.1 Å². The first-order valence-corrected chi connectivity index (χ1v) is 9.06. The lowest BCUT2D eigenvalue weighted by atomic mass is 9.72. The molecule has 0 aromatic carbocycles. The molecule has 1 heterocycles. The van der Waals surface area contributed by atoms with Crippen LogP contribution in [0.3, 0.4) is 0 Å². The summed E-state index contributed by atoms with van der Waals surface area (Å²) in [7, 11) is 0. The van der Waals surface area contributed by atoms with Gasteiger partial charge in [-0.2, -0.15) is 13.2 Å².